The number of carboxylic acid groups (broad SMARTS) is 1. The van der Waals surface area contributed by atoms with Gasteiger partial charge in [-0.05, 0) is 70.4 Å². The van der Waals surface area contributed by atoms with Gasteiger partial charge in [0.2, 0.25) is 10.0 Å². The van der Waals surface area contributed by atoms with Crippen LogP contribution in [0.25, 0.3) is 10.8 Å². The van der Waals surface area contributed by atoms with Gasteiger partial charge in [-0.3, -0.25) is 4.79 Å². The van der Waals surface area contributed by atoms with E-state index in [4.69, 9.17) is 5.11 Å². The molecule has 0 bridgehead atoms. The molecule has 196 valence electrons. The number of nitrogens with zero attached hydrogens (tertiary/aromatic N) is 1. The van der Waals surface area contributed by atoms with Gasteiger partial charge in [-0.1, -0.05) is 30.3 Å². The van der Waals surface area contributed by atoms with Crippen LogP contribution in [-0.2, 0) is 16.6 Å². The maximum atomic E-state index is 12.8. The second-order valence-corrected chi connectivity index (χ2v) is 11.1. The Balaban J connectivity index is 1.52. The van der Waals surface area contributed by atoms with Crippen molar-refractivity contribution in [2.45, 2.75) is 17.5 Å². The number of aliphatic hydroxyl groups is 1. The van der Waals surface area contributed by atoms with E-state index < -0.39 is 22.1 Å². The van der Waals surface area contributed by atoms with Crippen LogP contribution in [0.4, 0.5) is 0 Å². The van der Waals surface area contributed by atoms with Gasteiger partial charge < -0.3 is 20.6 Å². The monoisotopic (exact) mass is 534 g/mol. The van der Waals surface area contributed by atoms with Crippen molar-refractivity contribution in [2.24, 2.45) is 0 Å². The predicted octanol–water partition coefficient (Wildman–Crippen LogP) is 3.51. The van der Waals surface area contributed by atoms with Gasteiger partial charge in [-0.15, -0.1) is 0 Å². The molecule has 0 aliphatic carbocycles. The molecule has 0 saturated heterocycles. The highest BCUT2D eigenvalue weighted by Gasteiger charge is 2.18. The number of aliphatic hydroxyl groups excluding tert-OH is 1. The Morgan fingerprint density at radius 2 is 1.50 bits per heavy atom. The van der Waals surface area contributed by atoms with Crippen molar-refractivity contribution in [2.75, 3.05) is 14.1 Å². The van der Waals surface area contributed by atoms with E-state index >= 15 is 0 Å². The third kappa shape index (κ3) is 5.52. The lowest BCUT2D eigenvalue weighted by Crippen LogP contribution is -2.23. The van der Waals surface area contributed by atoms with E-state index in [2.05, 4.69) is 5.32 Å². The number of nitrogens with one attached hydrogen (secondary N) is 1. The van der Waals surface area contributed by atoms with Crippen LogP contribution in [0.2, 0.25) is 0 Å². The minimum Gasteiger partial charge on any atom is -0.508 e. The Bertz CT molecular complexity index is 1610. The summed E-state index contributed by atoms with van der Waals surface area (Å²) in [6.45, 7) is 0.186. The molecule has 0 fully saturated rings. The Morgan fingerprint density at radius 3 is 2.11 bits per heavy atom. The van der Waals surface area contributed by atoms with Gasteiger partial charge in [0, 0.05) is 31.8 Å². The lowest BCUT2D eigenvalue weighted by molar-refractivity contribution is 0.0696. The van der Waals surface area contributed by atoms with Gasteiger partial charge >= 0.3 is 5.97 Å². The number of carbonyl (C=O) groups is 2. The quantitative estimate of drug-likeness (QED) is 0.271. The van der Waals surface area contributed by atoms with Crippen molar-refractivity contribution in [1.82, 2.24) is 9.62 Å². The van der Waals surface area contributed by atoms with Gasteiger partial charge in [-0.2, -0.15) is 0 Å². The molecular formula is C28H26N2O7S. The third-order valence-electron chi connectivity index (χ3n) is 6.17. The maximum Gasteiger partial charge on any atom is 0.335 e. The lowest BCUT2D eigenvalue weighted by atomic mass is 9.96. The topological polar surface area (TPSA) is 144 Å². The number of fused-ring (bicyclic) bond motifs is 1. The van der Waals surface area contributed by atoms with Gasteiger partial charge in [0.05, 0.1) is 10.5 Å². The van der Waals surface area contributed by atoms with Crippen LogP contribution in [0.1, 0.15) is 43.5 Å². The number of sulfonamides is 1. The molecule has 4 rings (SSSR count). The molecule has 9 nitrogen and oxygen atoms in total. The molecule has 38 heavy (non-hydrogen) atoms. The molecule has 4 aromatic carbocycles. The number of carbonyl (C=O) groups excluding carboxylic acids is 1. The average molecular weight is 535 g/mol. The minimum atomic E-state index is -3.54. The molecule has 0 spiro atoms. The SMILES string of the molecule is CN(C)S(=O)(=O)c1ccc(CNC(=O)c2ccc3cc(O)c(C(O)c4ccc(C(=O)O)cc4)cc3c2)cc1. The number of amides is 1. The predicted molar refractivity (Wildman–Crippen MR) is 142 cm³/mol. The molecule has 1 amide bonds. The first-order chi connectivity index (χ1) is 18.0. The summed E-state index contributed by atoms with van der Waals surface area (Å²) < 4.78 is 25.5. The summed E-state index contributed by atoms with van der Waals surface area (Å²) in [5, 5.41) is 34.5. The van der Waals surface area contributed by atoms with E-state index in [1.54, 1.807) is 36.4 Å². The maximum absolute atomic E-state index is 12.8. The first-order valence-electron chi connectivity index (χ1n) is 11.5. The summed E-state index contributed by atoms with van der Waals surface area (Å²) >= 11 is 0. The zero-order chi connectivity index (χ0) is 27.6. The minimum absolute atomic E-state index is 0.0777. The molecule has 1 atom stereocenters. The summed E-state index contributed by atoms with van der Waals surface area (Å²) in [5.74, 6) is -1.57. The second-order valence-electron chi connectivity index (χ2n) is 8.92. The van der Waals surface area contributed by atoms with Crippen molar-refractivity contribution in [3.05, 3.63) is 107 Å². The zero-order valence-electron chi connectivity index (χ0n) is 20.6. The van der Waals surface area contributed by atoms with E-state index in [1.165, 1.54) is 56.6 Å². The number of aromatic hydroxyl groups is 1. The van der Waals surface area contributed by atoms with Gasteiger partial charge in [0.25, 0.3) is 5.91 Å². The number of benzene rings is 4. The lowest BCUT2D eigenvalue weighted by Gasteiger charge is -2.15. The van der Waals surface area contributed by atoms with Gasteiger partial charge in [0.15, 0.2) is 0 Å². The number of aromatic carboxylic acids is 1. The van der Waals surface area contributed by atoms with Crippen molar-refractivity contribution in [3.63, 3.8) is 0 Å². The number of rotatable bonds is 8. The van der Waals surface area contributed by atoms with Crippen molar-refractivity contribution in [1.29, 1.82) is 0 Å². The average Bonchev–Trinajstić information content (AvgIpc) is 2.90. The summed E-state index contributed by atoms with van der Waals surface area (Å²) in [7, 11) is -0.628. The number of carboxylic acids is 1. The Kier molecular flexibility index (Phi) is 7.49. The number of hydrogen-bond acceptors (Lipinski definition) is 6. The van der Waals surface area contributed by atoms with Gasteiger partial charge in [-0.25, -0.2) is 17.5 Å². The Hall–Kier alpha value is -4.25. The highest BCUT2D eigenvalue weighted by molar-refractivity contribution is 7.89. The van der Waals surface area contributed by atoms with Crippen molar-refractivity contribution in [3.8, 4) is 5.75 Å². The number of phenolic OH excluding ortho intramolecular Hbond substituents is 1. The molecule has 0 saturated carbocycles. The highest BCUT2D eigenvalue weighted by atomic mass is 32.2. The fourth-order valence-corrected chi connectivity index (χ4v) is 4.83. The largest absolute Gasteiger partial charge is 0.508 e. The van der Waals surface area contributed by atoms with Crippen molar-refractivity contribution < 1.29 is 33.3 Å². The number of hydrogen-bond donors (Lipinski definition) is 4. The van der Waals surface area contributed by atoms with E-state index in [1.807, 2.05) is 0 Å². The third-order valence-corrected chi connectivity index (χ3v) is 8.00. The molecule has 0 aliphatic heterocycles. The Labute approximate surface area is 219 Å². The second kappa shape index (κ2) is 10.6. The van der Waals surface area contributed by atoms with E-state index in [9.17, 15) is 28.2 Å². The molecule has 0 aromatic heterocycles. The van der Waals surface area contributed by atoms with Crippen LogP contribution in [0.3, 0.4) is 0 Å². The zero-order valence-corrected chi connectivity index (χ0v) is 21.4. The standard InChI is InChI=1S/C28H26N2O7S/c1-30(2)38(36,37)23-11-3-17(4-12-23)16-29-27(33)21-10-9-20-15-25(31)24(14-22(20)13-21)26(32)18-5-7-19(8-6-18)28(34)35/h3-15,26,31-32H,16H2,1-2H3,(H,29,33)(H,34,35). The smallest absolute Gasteiger partial charge is 0.335 e. The number of phenols is 1. The molecule has 10 heteroatoms. The molecule has 0 heterocycles. The van der Waals surface area contributed by atoms with Crippen LogP contribution in [0, 0.1) is 0 Å². The molecule has 0 aliphatic rings. The molecule has 1 unspecified atom stereocenters. The first kappa shape index (κ1) is 26.8. The summed E-state index contributed by atoms with van der Waals surface area (Å²) in [5.41, 5.74) is 1.78. The molecule has 4 N–H and O–H groups in total. The van der Waals surface area contributed by atoms with Crippen LogP contribution in [0.5, 0.6) is 5.75 Å². The van der Waals surface area contributed by atoms with Crippen LogP contribution < -0.4 is 5.32 Å². The Morgan fingerprint density at radius 1 is 0.868 bits per heavy atom. The van der Waals surface area contributed by atoms with Gasteiger partial charge in [0.1, 0.15) is 11.9 Å². The summed E-state index contributed by atoms with van der Waals surface area (Å²) in [6, 6.07) is 20.0. The van der Waals surface area contributed by atoms with E-state index in [-0.39, 0.29) is 34.2 Å². The summed E-state index contributed by atoms with van der Waals surface area (Å²) in [4.78, 5) is 24.0. The molecular weight excluding hydrogens is 508 g/mol. The highest BCUT2D eigenvalue weighted by Crippen LogP contribution is 2.33. The van der Waals surface area contributed by atoms with E-state index in [0.717, 1.165) is 9.87 Å². The van der Waals surface area contributed by atoms with Crippen molar-refractivity contribution >= 4 is 32.7 Å². The molecule has 0 radical (unpaired) electrons. The van der Waals surface area contributed by atoms with Crippen LogP contribution in [0.15, 0.2) is 83.8 Å². The summed E-state index contributed by atoms with van der Waals surface area (Å²) in [6.07, 6.45) is -1.21. The molecule has 4 aromatic rings. The first-order valence-corrected chi connectivity index (χ1v) is 13.0. The fourth-order valence-electron chi connectivity index (χ4n) is 3.93. The normalized spacial score (nSPS) is 12.4. The van der Waals surface area contributed by atoms with Crippen LogP contribution in [-0.4, -0.2) is 54.0 Å². The fraction of sp³-hybridized carbons (Fsp3) is 0.143. The van der Waals surface area contributed by atoms with E-state index in [0.29, 0.717) is 21.9 Å². The van der Waals surface area contributed by atoms with Crippen LogP contribution >= 0.6 is 0 Å².